The van der Waals surface area contributed by atoms with Gasteiger partial charge in [0.25, 0.3) is 0 Å². The van der Waals surface area contributed by atoms with E-state index in [-0.39, 0.29) is 18.2 Å². The van der Waals surface area contributed by atoms with Crippen molar-refractivity contribution in [2.45, 2.75) is 38.3 Å². The van der Waals surface area contributed by atoms with Crippen LogP contribution in [0.5, 0.6) is 0 Å². The van der Waals surface area contributed by atoms with Crippen molar-refractivity contribution in [1.29, 1.82) is 0 Å². The van der Waals surface area contributed by atoms with Gasteiger partial charge in [-0.2, -0.15) is 0 Å². The highest BCUT2D eigenvalue weighted by molar-refractivity contribution is 6.42. The van der Waals surface area contributed by atoms with Crippen molar-refractivity contribution >= 4 is 29.2 Å². The lowest BCUT2D eigenvalue weighted by Gasteiger charge is -2.17. The molecule has 1 aliphatic carbocycles. The van der Waals surface area contributed by atoms with Gasteiger partial charge in [-0.3, -0.25) is 0 Å². The number of rotatable bonds is 4. The van der Waals surface area contributed by atoms with Crippen molar-refractivity contribution in [2.24, 2.45) is 5.92 Å². The number of hydrogen-bond acceptors (Lipinski definition) is 2. The number of benzene rings is 1. The zero-order chi connectivity index (χ0) is 15.4. The van der Waals surface area contributed by atoms with Crippen LogP contribution in [-0.4, -0.2) is 23.8 Å². The first-order valence-electron chi connectivity index (χ1n) is 7.13. The Labute approximate surface area is 134 Å². The Balaban J connectivity index is 1.80. The van der Waals surface area contributed by atoms with Crippen molar-refractivity contribution in [2.75, 3.05) is 6.54 Å². The normalized spacial score (nSPS) is 22.9. The molecule has 2 rings (SSSR count). The Morgan fingerprint density at radius 2 is 2.14 bits per heavy atom. The maximum absolute atomic E-state index is 11.9. The summed E-state index contributed by atoms with van der Waals surface area (Å²) in [5, 5.41) is 16.1. The van der Waals surface area contributed by atoms with Crippen molar-refractivity contribution in [3.63, 3.8) is 0 Å². The molecule has 0 spiro atoms. The summed E-state index contributed by atoms with van der Waals surface area (Å²) in [5.41, 5.74) is 0.899. The molecule has 3 N–H and O–H groups in total. The molecule has 1 aliphatic rings. The zero-order valence-corrected chi connectivity index (χ0v) is 13.4. The van der Waals surface area contributed by atoms with Gasteiger partial charge < -0.3 is 15.7 Å². The smallest absolute Gasteiger partial charge is 0.315 e. The molecule has 0 aromatic heterocycles. The summed E-state index contributed by atoms with van der Waals surface area (Å²) < 4.78 is 0. The molecule has 1 aromatic rings. The van der Waals surface area contributed by atoms with Gasteiger partial charge in [-0.05, 0) is 49.8 Å². The van der Waals surface area contributed by atoms with Gasteiger partial charge in [-0.15, -0.1) is 0 Å². The molecule has 6 heteroatoms. The van der Waals surface area contributed by atoms with Crippen LogP contribution in [0.3, 0.4) is 0 Å². The highest BCUT2D eigenvalue weighted by atomic mass is 35.5. The lowest BCUT2D eigenvalue weighted by Crippen LogP contribution is -2.39. The fraction of sp³-hybridized carbons (Fsp3) is 0.533. The van der Waals surface area contributed by atoms with E-state index in [9.17, 15) is 9.90 Å². The van der Waals surface area contributed by atoms with Crippen LogP contribution >= 0.6 is 23.2 Å². The molecule has 0 heterocycles. The van der Waals surface area contributed by atoms with Crippen molar-refractivity contribution in [1.82, 2.24) is 10.6 Å². The topological polar surface area (TPSA) is 61.4 Å². The maximum Gasteiger partial charge on any atom is 0.315 e. The summed E-state index contributed by atoms with van der Waals surface area (Å²) in [7, 11) is 0. The van der Waals surface area contributed by atoms with Gasteiger partial charge in [-0.25, -0.2) is 4.79 Å². The van der Waals surface area contributed by atoms with E-state index >= 15 is 0 Å². The summed E-state index contributed by atoms with van der Waals surface area (Å²) in [5.74, 6) is 0.367. The molecule has 1 fully saturated rings. The number of halogens is 2. The van der Waals surface area contributed by atoms with Gasteiger partial charge in [-0.1, -0.05) is 29.3 Å². The van der Waals surface area contributed by atoms with Crippen LogP contribution in [0, 0.1) is 5.92 Å². The second kappa shape index (κ2) is 7.34. The van der Waals surface area contributed by atoms with E-state index in [4.69, 9.17) is 23.2 Å². The number of hydrogen-bond donors (Lipinski definition) is 3. The van der Waals surface area contributed by atoms with Gasteiger partial charge in [0.15, 0.2) is 0 Å². The highest BCUT2D eigenvalue weighted by Gasteiger charge is 2.23. The van der Waals surface area contributed by atoms with Crippen molar-refractivity contribution in [3.8, 4) is 0 Å². The van der Waals surface area contributed by atoms with Crippen LogP contribution in [-0.2, 0) is 0 Å². The monoisotopic (exact) mass is 330 g/mol. The number of carbonyl (C=O) groups excluding carboxylic acids is 1. The minimum absolute atomic E-state index is 0.158. The average molecular weight is 331 g/mol. The molecule has 1 aromatic carbocycles. The van der Waals surface area contributed by atoms with Crippen molar-refractivity contribution in [3.05, 3.63) is 33.8 Å². The Morgan fingerprint density at radius 1 is 1.38 bits per heavy atom. The van der Waals surface area contributed by atoms with Gasteiger partial charge >= 0.3 is 6.03 Å². The van der Waals surface area contributed by atoms with Gasteiger partial charge in [0, 0.05) is 6.54 Å². The number of aliphatic hydroxyl groups is 1. The molecule has 0 saturated heterocycles. The molecule has 3 unspecified atom stereocenters. The standard InChI is InChI=1S/C15H20Cl2N2O2/c1-9(11-3-5-13(16)14(17)7-11)19-15(21)18-8-10-2-4-12(20)6-10/h3,5,7,9-10,12,20H,2,4,6,8H2,1H3,(H2,18,19,21). The number of nitrogens with one attached hydrogen (secondary N) is 2. The zero-order valence-electron chi connectivity index (χ0n) is 11.9. The van der Waals surface area contributed by atoms with E-state index in [0.29, 0.717) is 22.5 Å². The third-order valence-corrected chi connectivity index (χ3v) is 4.60. The molecular weight excluding hydrogens is 311 g/mol. The quantitative estimate of drug-likeness (QED) is 0.791. The highest BCUT2D eigenvalue weighted by Crippen LogP contribution is 2.26. The summed E-state index contributed by atoms with van der Waals surface area (Å²) in [6, 6.07) is 4.94. The Morgan fingerprint density at radius 3 is 2.76 bits per heavy atom. The Kier molecular flexibility index (Phi) is 5.73. The fourth-order valence-corrected chi connectivity index (χ4v) is 2.89. The van der Waals surface area contributed by atoms with Gasteiger partial charge in [0.2, 0.25) is 0 Å². The van der Waals surface area contributed by atoms with Crippen molar-refractivity contribution < 1.29 is 9.90 Å². The first-order chi connectivity index (χ1) is 9.95. The average Bonchev–Trinajstić information content (AvgIpc) is 2.85. The van der Waals surface area contributed by atoms with Gasteiger partial charge in [0.05, 0.1) is 22.2 Å². The van der Waals surface area contributed by atoms with Crippen LogP contribution in [0.15, 0.2) is 18.2 Å². The molecule has 3 atom stereocenters. The molecule has 0 radical (unpaired) electrons. The first kappa shape index (κ1) is 16.4. The number of carbonyl (C=O) groups is 1. The predicted molar refractivity (Wildman–Crippen MR) is 84.8 cm³/mol. The summed E-state index contributed by atoms with van der Waals surface area (Å²) in [4.78, 5) is 11.9. The van der Waals surface area contributed by atoms with Crippen LogP contribution in [0.1, 0.15) is 37.8 Å². The fourth-order valence-electron chi connectivity index (χ4n) is 2.58. The van der Waals surface area contributed by atoms with Crippen LogP contribution in [0.2, 0.25) is 10.0 Å². The SMILES string of the molecule is CC(NC(=O)NCC1CCC(O)C1)c1ccc(Cl)c(Cl)c1. The Hall–Kier alpha value is -0.970. The summed E-state index contributed by atoms with van der Waals surface area (Å²) in [6.07, 6.45) is 2.34. The van der Waals surface area contributed by atoms with E-state index in [1.165, 1.54) is 0 Å². The van der Waals surface area contributed by atoms with E-state index in [0.717, 1.165) is 24.8 Å². The molecule has 2 amide bonds. The molecule has 4 nitrogen and oxygen atoms in total. The lowest BCUT2D eigenvalue weighted by molar-refractivity contribution is 0.177. The molecule has 0 aliphatic heterocycles. The molecule has 21 heavy (non-hydrogen) atoms. The lowest BCUT2D eigenvalue weighted by atomic mass is 10.1. The third kappa shape index (κ3) is 4.77. The van der Waals surface area contributed by atoms with Crippen LogP contribution < -0.4 is 10.6 Å². The largest absolute Gasteiger partial charge is 0.393 e. The number of urea groups is 1. The van der Waals surface area contributed by atoms with Crippen LogP contribution in [0.25, 0.3) is 0 Å². The van der Waals surface area contributed by atoms with E-state index in [1.807, 2.05) is 13.0 Å². The first-order valence-corrected chi connectivity index (χ1v) is 7.88. The van der Waals surface area contributed by atoms with E-state index < -0.39 is 0 Å². The second-order valence-corrected chi connectivity index (χ2v) is 6.40. The Bertz CT molecular complexity index is 510. The number of aliphatic hydroxyl groups excluding tert-OH is 1. The summed E-state index contributed by atoms with van der Waals surface area (Å²) in [6.45, 7) is 2.48. The molecule has 1 saturated carbocycles. The molecule has 116 valence electrons. The van der Waals surface area contributed by atoms with Crippen LogP contribution in [0.4, 0.5) is 4.79 Å². The maximum atomic E-state index is 11.9. The van der Waals surface area contributed by atoms with Gasteiger partial charge in [0.1, 0.15) is 0 Å². The predicted octanol–water partition coefficient (Wildman–Crippen LogP) is 3.51. The molecule has 0 bridgehead atoms. The minimum Gasteiger partial charge on any atom is -0.393 e. The van der Waals surface area contributed by atoms with E-state index in [1.54, 1.807) is 12.1 Å². The van der Waals surface area contributed by atoms with E-state index in [2.05, 4.69) is 10.6 Å². The summed E-state index contributed by atoms with van der Waals surface area (Å²) >= 11 is 11.8. The third-order valence-electron chi connectivity index (χ3n) is 3.86. The molecular formula is C15H20Cl2N2O2. The second-order valence-electron chi connectivity index (χ2n) is 5.58. The number of amides is 2. The minimum atomic E-state index is -0.213.